The molecule has 0 fully saturated rings. The van der Waals surface area contributed by atoms with Crippen LogP contribution in [0.3, 0.4) is 0 Å². The number of phosphoric ester groups is 1. The van der Waals surface area contributed by atoms with Gasteiger partial charge in [-0.25, -0.2) is 4.57 Å². The van der Waals surface area contributed by atoms with E-state index in [9.17, 15) is 19.0 Å². The lowest BCUT2D eigenvalue weighted by molar-refractivity contribution is -0.870. The zero-order valence-electron chi connectivity index (χ0n) is 39.7. The number of hydrogen-bond donors (Lipinski definition) is 1. The van der Waals surface area contributed by atoms with Gasteiger partial charge in [-0.15, -0.1) is 0 Å². The molecule has 0 aliphatic heterocycles. The minimum atomic E-state index is -4.39. The van der Waals surface area contributed by atoms with Crippen molar-refractivity contribution >= 4 is 19.8 Å². The lowest BCUT2D eigenvalue weighted by Crippen LogP contribution is -2.37. The summed E-state index contributed by atoms with van der Waals surface area (Å²) in [5.41, 5.74) is 0. The Balaban J connectivity index is 4.33. The van der Waals surface area contributed by atoms with Crippen molar-refractivity contribution < 1.29 is 42.1 Å². The van der Waals surface area contributed by atoms with Gasteiger partial charge in [0.05, 0.1) is 27.7 Å². The molecular weight excluding hydrogens is 774 g/mol. The largest absolute Gasteiger partial charge is 0.472 e. The molecule has 0 aliphatic carbocycles. The molecule has 60 heavy (non-hydrogen) atoms. The molecule has 0 bridgehead atoms. The van der Waals surface area contributed by atoms with Crippen LogP contribution in [-0.2, 0) is 32.7 Å². The lowest BCUT2D eigenvalue weighted by Gasteiger charge is -2.24. The Bertz CT molecular complexity index is 1120. The molecule has 0 aromatic heterocycles. The smallest absolute Gasteiger partial charge is 0.462 e. The van der Waals surface area contributed by atoms with Crippen LogP contribution in [0, 0.1) is 0 Å². The van der Waals surface area contributed by atoms with Gasteiger partial charge < -0.3 is 18.9 Å². The first-order valence-electron chi connectivity index (χ1n) is 24.7. The lowest BCUT2D eigenvalue weighted by atomic mass is 10.0. The first kappa shape index (κ1) is 58.2. The standard InChI is InChI=1S/C50H94NO8P/c1-6-8-10-12-14-16-18-20-22-24-25-27-29-31-33-35-37-39-41-43-50(53)59-48(47-58-60(54,55)57-45-44-51(3,4)5)46-56-49(52)42-40-38-36-34-32-30-28-26-23-21-19-17-15-13-11-9-7-2/h21,23,28,30,34,36,48H,6-20,22,24-27,29,31-33,35,37-47H2,1-5H3/p+1/b23-21+,30-28+,36-34+/t48-/m1/s1. The van der Waals surface area contributed by atoms with Crippen LogP contribution in [0.2, 0.25) is 0 Å². The summed E-state index contributed by atoms with van der Waals surface area (Å²) in [5, 5.41) is 0. The summed E-state index contributed by atoms with van der Waals surface area (Å²) in [5.74, 6) is -0.851. The zero-order chi connectivity index (χ0) is 44.3. The molecule has 0 spiro atoms. The molecule has 0 aromatic rings. The fourth-order valence-electron chi connectivity index (χ4n) is 6.80. The van der Waals surface area contributed by atoms with Crippen molar-refractivity contribution in [2.75, 3.05) is 47.5 Å². The maximum atomic E-state index is 12.7. The summed E-state index contributed by atoms with van der Waals surface area (Å²) < 4.78 is 34.4. The second-order valence-corrected chi connectivity index (χ2v) is 19.3. The molecule has 1 unspecified atom stereocenters. The Hall–Kier alpha value is -1.77. The Morgan fingerprint density at radius 1 is 0.517 bits per heavy atom. The highest BCUT2D eigenvalue weighted by atomic mass is 31.2. The van der Waals surface area contributed by atoms with E-state index in [2.05, 4.69) is 50.3 Å². The third-order valence-corrected chi connectivity index (χ3v) is 11.7. The van der Waals surface area contributed by atoms with Gasteiger partial charge in [0.1, 0.15) is 19.8 Å². The maximum absolute atomic E-state index is 12.7. The molecular formula is C50H95NO8P+. The molecule has 0 saturated heterocycles. The number of hydrogen-bond acceptors (Lipinski definition) is 7. The molecule has 10 heteroatoms. The van der Waals surface area contributed by atoms with E-state index >= 15 is 0 Å². The quantitative estimate of drug-likeness (QED) is 0.0212. The number of unbranched alkanes of at least 4 members (excludes halogenated alkanes) is 25. The van der Waals surface area contributed by atoms with Crippen molar-refractivity contribution in [3.05, 3.63) is 36.5 Å². The average Bonchev–Trinajstić information content (AvgIpc) is 3.20. The van der Waals surface area contributed by atoms with Crippen LogP contribution in [0.5, 0.6) is 0 Å². The Morgan fingerprint density at radius 3 is 1.38 bits per heavy atom. The fraction of sp³-hybridized carbons (Fsp3) is 0.840. The van der Waals surface area contributed by atoms with E-state index in [0.717, 1.165) is 32.1 Å². The van der Waals surface area contributed by atoms with Gasteiger partial charge in [-0.1, -0.05) is 198 Å². The Morgan fingerprint density at radius 2 is 0.917 bits per heavy atom. The predicted molar refractivity (Wildman–Crippen MR) is 252 cm³/mol. The van der Waals surface area contributed by atoms with Crippen LogP contribution >= 0.6 is 7.82 Å². The van der Waals surface area contributed by atoms with Gasteiger partial charge in [0.25, 0.3) is 0 Å². The van der Waals surface area contributed by atoms with E-state index in [1.807, 2.05) is 21.1 Å². The molecule has 0 heterocycles. The van der Waals surface area contributed by atoms with Crippen LogP contribution in [0.15, 0.2) is 36.5 Å². The van der Waals surface area contributed by atoms with Crippen LogP contribution in [0.1, 0.15) is 219 Å². The minimum Gasteiger partial charge on any atom is -0.462 e. The predicted octanol–water partition coefficient (Wildman–Crippen LogP) is 14.5. The number of quaternary nitrogens is 1. The van der Waals surface area contributed by atoms with Crippen molar-refractivity contribution in [2.24, 2.45) is 0 Å². The SMILES string of the molecule is CCCCCCCC/C=C/C/C=C/C/C=C/CCCC(=O)OC[C@H](COP(=O)(O)OCC[N+](C)(C)C)OC(=O)CCCCCCCCCCCCCCCCCCCCC. The van der Waals surface area contributed by atoms with Crippen LogP contribution in [0.4, 0.5) is 0 Å². The zero-order valence-corrected chi connectivity index (χ0v) is 40.6. The Labute approximate surface area is 370 Å². The molecule has 9 nitrogen and oxygen atoms in total. The summed E-state index contributed by atoms with van der Waals surface area (Å²) in [6.07, 6.45) is 49.2. The van der Waals surface area contributed by atoms with Crippen LogP contribution in [0.25, 0.3) is 0 Å². The van der Waals surface area contributed by atoms with Gasteiger partial charge in [0.15, 0.2) is 6.10 Å². The van der Waals surface area contributed by atoms with Crippen molar-refractivity contribution in [2.45, 2.75) is 225 Å². The van der Waals surface area contributed by atoms with Crippen molar-refractivity contribution in [3.63, 3.8) is 0 Å². The number of esters is 2. The number of rotatable bonds is 45. The van der Waals surface area contributed by atoms with Gasteiger partial charge in [-0.05, 0) is 44.9 Å². The molecule has 0 amide bonds. The normalized spacial score (nSPS) is 13.8. The number of carbonyl (C=O) groups is 2. The molecule has 0 saturated carbocycles. The van der Waals surface area contributed by atoms with E-state index in [-0.39, 0.29) is 26.1 Å². The number of allylic oxidation sites excluding steroid dienone is 6. The van der Waals surface area contributed by atoms with Crippen molar-refractivity contribution in [3.8, 4) is 0 Å². The highest BCUT2D eigenvalue weighted by molar-refractivity contribution is 7.47. The number of likely N-dealkylation sites (N-methyl/N-ethyl adjacent to an activating group) is 1. The van der Waals surface area contributed by atoms with Crippen LogP contribution in [-0.4, -0.2) is 74.9 Å². The molecule has 2 atom stereocenters. The highest BCUT2D eigenvalue weighted by Gasteiger charge is 2.27. The first-order chi connectivity index (χ1) is 29.0. The summed E-state index contributed by atoms with van der Waals surface area (Å²) in [6, 6.07) is 0. The number of phosphoric acid groups is 1. The average molecular weight is 869 g/mol. The van der Waals surface area contributed by atoms with E-state index in [4.69, 9.17) is 18.5 Å². The number of ether oxygens (including phenoxy) is 2. The fourth-order valence-corrected chi connectivity index (χ4v) is 7.54. The summed E-state index contributed by atoms with van der Waals surface area (Å²) >= 11 is 0. The molecule has 1 N–H and O–H groups in total. The minimum absolute atomic E-state index is 0.0254. The third-order valence-electron chi connectivity index (χ3n) is 10.7. The second-order valence-electron chi connectivity index (χ2n) is 17.9. The molecule has 352 valence electrons. The van der Waals surface area contributed by atoms with E-state index in [1.54, 1.807) is 0 Å². The topological polar surface area (TPSA) is 108 Å². The van der Waals surface area contributed by atoms with Crippen molar-refractivity contribution in [1.82, 2.24) is 0 Å². The monoisotopic (exact) mass is 869 g/mol. The van der Waals surface area contributed by atoms with Crippen molar-refractivity contribution in [1.29, 1.82) is 0 Å². The summed E-state index contributed by atoms with van der Waals surface area (Å²) in [7, 11) is 1.46. The molecule has 0 rings (SSSR count). The number of nitrogens with zero attached hydrogens (tertiary/aromatic N) is 1. The van der Waals surface area contributed by atoms with E-state index < -0.39 is 32.5 Å². The van der Waals surface area contributed by atoms with E-state index in [1.165, 1.54) is 148 Å². The highest BCUT2D eigenvalue weighted by Crippen LogP contribution is 2.43. The van der Waals surface area contributed by atoms with Gasteiger partial charge in [0.2, 0.25) is 0 Å². The molecule has 0 aromatic carbocycles. The summed E-state index contributed by atoms with van der Waals surface area (Å²) in [6.45, 7) is 4.39. The second kappa shape index (κ2) is 42.5. The molecule has 0 radical (unpaired) electrons. The Kier molecular flexibility index (Phi) is 41.3. The summed E-state index contributed by atoms with van der Waals surface area (Å²) in [4.78, 5) is 35.5. The van der Waals surface area contributed by atoms with Crippen LogP contribution < -0.4 is 0 Å². The van der Waals surface area contributed by atoms with Gasteiger partial charge in [-0.2, -0.15) is 0 Å². The first-order valence-corrected chi connectivity index (χ1v) is 26.2. The maximum Gasteiger partial charge on any atom is 0.472 e. The van der Waals surface area contributed by atoms with Gasteiger partial charge >= 0.3 is 19.8 Å². The number of carbonyl (C=O) groups excluding carboxylic acids is 2. The molecule has 0 aliphatic rings. The van der Waals surface area contributed by atoms with Gasteiger partial charge in [0, 0.05) is 12.8 Å². The van der Waals surface area contributed by atoms with Gasteiger partial charge in [-0.3, -0.25) is 18.6 Å². The van der Waals surface area contributed by atoms with E-state index in [0.29, 0.717) is 23.9 Å². The third kappa shape index (κ3) is 45.7.